The van der Waals surface area contributed by atoms with E-state index in [-0.39, 0.29) is 0 Å². The smallest absolute Gasteiger partial charge is 0.251 e. The molecule has 0 aromatic carbocycles. The van der Waals surface area contributed by atoms with Crippen molar-refractivity contribution in [3.8, 4) is 0 Å². The second kappa shape index (κ2) is 5.04. The molecule has 5 N–H and O–H groups in total. The lowest BCUT2D eigenvalue weighted by Crippen LogP contribution is -2.47. The van der Waals surface area contributed by atoms with Crippen LogP contribution in [0.1, 0.15) is 0 Å². The maximum Gasteiger partial charge on any atom is 0.251 e. The van der Waals surface area contributed by atoms with Crippen LogP contribution in [0.5, 0.6) is 0 Å². The fraction of sp³-hybridized carbons (Fsp3) is 0.833. The van der Waals surface area contributed by atoms with Crippen molar-refractivity contribution in [1.29, 1.82) is 0 Å². The molecule has 0 saturated heterocycles. The molecule has 3 atom stereocenters. The van der Waals surface area contributed by atoms with Gasteiger partial charge in [0, 0.05) is 7.05 Å². The maximum absolute atomic E-state index is 10.7. The average Bonchev–Trinajstić information content (AvgIpc) is 2.12. The van der Waals surface area contributed by atoms with E-state index in [0.29, 0.717) is 0 Å². The summed E-state index contributed by atoms with van der Waals surface area (Å²) in [6.07, 6.45) is -4.91. The van der Waals surface area contributed by atoms with Gasteiger partial charge in [0.1, 0.15) is 12.2 Å². The molecule has 6 heteroatoms. The van der Waals surface area contributed by atoms with Gasteiger partial charge in [0.15, 0.2) is 6.10 Å². The van der Waals surface area contributed by atoms with E-state index in [4.69, 9.17) is 20.4 Å². The molecule has 0 aliphatic heterocycles. The predicted octanol–water partition coefficient (Wildman–Crippen LogP) is -3.19. The van der Waals surface area contributed by atoms with Crippen molar-refractivity contribution in [3.05, 3.63) is 0 Å². The van der Waals surface area contributed by atoms with Gasteiger partial charge >= 0.3 is 0 Å². The molecule has 12 heavy (non-hydrogen) atoms. The van der Waals surface area contributed by atoms with Gasteiger partial charge in [-0.2, -0.15) is 0 Å². The molecule has 0 aromatic heterocycles. The Morgan fingerprint density at radius 2 is 1.92 bits per heavy atom. The molecule has 0 aliphatic carbocycles. The average molecular weight is 179 g/mol. The first kappa shape index (κ1) is 11.3. The highest BCUT2D eigenvalue weighted by Crippen LogP contribution is 1.99. The molecular weight excluding hydrogens is 166 g/mol. The monoisotopic (exact) mass is 179 g/mol. The third kappa shape index (κ3) is 2.74. The Labute approximate surface area is 69.5 Å². The summed E-state index contributed by atoms with van der Waals surface area (Å²) in [7, 11) is 1.28. The number of likely N-dealkylation sites (N-methyl/N-ethyl adjacent to an activating group) is 1. The molecular formula is C6H13NO5. The van der Waals surface area contributed by atoms with E-state index in [1.807, 2.05) is 0 Å². The van der Waals surface area contributed by atoms with Crippen LogP contribution in [-0.2, 0) is 4.79 Å². The summed E-state index contributed by atoms with van der Waals surface area (Å²) in [5.74, 6) is -0.810. The number of carbonyl (C=O) groups is 1. The summed E-state index contributed by atoms with van der Waals surface area (Å²) in [6.45, 7) is -0.713. The van der Waals surface area contributed by atoms with E-state index in [0.717, 1.165) is 0 Å². The number of aliphatic hydroxyl groups is 4. The number of nitrogens with one attached hydrogen (secondary N) is 1. The fourth-order valence-electron chi connectivity index (χ4n) is 0.621. The zero-order valence-electron chi connectivity index (χ0n) is 6.64. The van der Waals surface area contributed by atoms with Crippen LogP contribution in [0.2, 0.25) is 0 Å². The Hall–Kier alpha value is -0.690. The first-order valence-electron chi connectivity index (χ1n) is 3.41. The van der Waals surface area contributed by atoms with Gasteiger partial charge in [0.2, 0.25) is 0 Å². The summed E-state index contributed by atoms with van der Waals surface area (Å²) in [6, 6.07) is 0. The van der Waals surface area contributed by atoms with Crippen molar-refractivity contribution < 1.29 is 25.2 Å². The fourth-order valence-corrected chi connectivity index (χ4v) is 0.621. The van der Waals surface area contributed by atoms with Crippen LogP contribution in [0, 0.1) is 0 Å². The summed E-state index contributed by atoms with van der Waals surface area (Å²) in [5.41, 5.74) is 0. The molecule has 1 amide bonds. The SMILES string of the molecule is CNC(=O)[C@@H](O)[C@H](O)[C@H](O)CO. The normalized spacial score (nSPS) is 18.1. The highest BCUT2D eigenvalue weighted by atomic mass is 16.4. The van der Waals surface area contributed by atoms with Crippen molar-refractivity contribution in [2.45, 2.75) is 18.3 Å². The zero-order valence-corrected chi connectivity index (χ0v) is 6.64. The number of aliphatic hydroxyl groups excluding tert-OH is 4. The van der Waals surface area contributed by atoms with Gasteiger partial charge in [-0.15, -0.1) is 0 Å². The Morgan fingerprint density at radius 1 is 1.42 bits per heavy atom. The van der Waals surface area contributed by atoms with E-state index >= 15 is 0 Å². The molecule has 0 spiro atoms. The van der Waals surface area contributed by atoms with Gasteiger partial charge in [-0.1, -0.05) is 0 Å². The molecule has 0 bridgehead atoms. The summed E-state index contributed by atoms with van der Waals surface area (Å²) >= 11 is 0. The standard InChI is InChI=1S/C6H13NO5/c1-7-6(12)5(11)4(10)3(9)2-8/h3-5,8-11H,2H2,1H3,(H,7,12)/t3-,4-,5+/m1/s1. The van der Waals surface area contributed by atoms with Crippen molar-refractivity contribution in [1.82, 2.24) is 5.32 Å². The zero-order chi connectivity index (χ0) is 9.72. The van der Waals surface area contributed by atoms with E-state index in [9.17, 15) is 4.79 Å². The Bertz CT molecular complexity index is 151. The minimum absolute atomic E-state index is 0.713. The van der Waals surface area contributed by atoms with Gasteiger partial charge < -0.3 is 25.7 Å². The highest BCUT2D eigenvalue weighted by Gasteiger charge is 2.28. The first-order chi connectivity index (χ1) is 5.54. The van der Waals surface area contributed by atoms with Gasteiger partial charge in [-0.3, -0.25) is 4.79 Å². The predicted molar refractivity (Wildman–Crippen MR) is 39.2 cm³/mol. The molecule has 0 heterocycles. The molecule has 0 radical (unpaired) electrons. The van der Waals surface area contributed by atoms with E-state index in [2.05, 4.69) is 5.32 Å². The minimum Gasteiger partial charge on any atom is -0.394 e. The van der Waals surface area contributed by atoms with E-state index in [1.165, 1.54) is 7.05 Å². The lowest BCUT2D eigenvalue weighted by Gasteiger charge is -2.19. The molecule has 0 rings (SSSR count). The van der Waals surface area contributed by atoms with Gasteiger partial charge in [0.05, 0.1) is 6.61 Å². The van der Waals surface area contributed by atoms with E-state index in [1.54, 1.807) is 0 Å². The number of rotatable bonds is 4. The molecule has 0 aromatic rings. The van der Waals surface area contributed by atoms with Crippen LogP contribution in [-0.4, -0.2) is 58.3 Å². The number of carbonyl (C=O) groups excluding carboxylic acids is 1. The molecule has 0 aliphatic rings. The lowest BCUT2D eigenvalue weighted by atomic mass is 10.1. The largest absolute Gasteiger partial charge is 0.394 e. The van der Waals surface area contributed by atoms with Crippen molar-refractivity contribution in [2.75, 3.05) is 13.7 Å². The third-order valence-corrected chi connectivity index (χ3v) is 1.42. The van der Waals surface area contributed by atoms with Crippen molar-refractivity contribution >= 4 is 5.91 Å². The molecule has 0 fully saturated rings. The Morgan fingerprint density at radius 3 is 2.25 bits per heavy atom. The van der Waals surface area contributed by atoms with E-state index < -0.39 is 30.8 Å². The van der Waals surface area contributed by atoms with Crippen LogP contribution < -0.4 is 5.32 Å². The van der Waals surface area contributed by atoms with Crippen LogP contribution >= 0.6 is 0 Å². The number of hydrogen-bond donors (Lipinski definition) is 5. The molecule has 0 unspecified atom stereocenters. The second-order valence-electron chi connectivity index (χ2n) is 2.30. The molecule has 6 nitrogen and oxygen atoms in total. The van der Waals surface area contributed by atoms with Crippen molar-refractivity contribution in [3.63, 3.8) is 0 Å². The third-order valence-electron chi connectivity index (χ3n) is 1.42. The van der Waals surface area contributed by atoms with Gasteiger partial charge in [-0.05, 0) is 0 Å². The molecule has 0 saturated carbocycles. The quantitative estimate of drug-likeness (QED) is 0.312. The minimum atomic E-state index is -1.72. The highest BCUT2D eigenvalue weighted by molar-refractivity contribution is 5.80. The summed E-state index contributed by atoms with van der Waals surface area (Å²) in [5, 5.41) is 37.2. The van der Waals surface area contributed by atoms with Crippen LogP contribution in [0.3, 0.4) is 0 Å². The van der Waals surface area contributed by atoms with Crippen LogP contribution in [0.4, 0.5) is 0 Å². The van der Waals surface area contributed by atoms with Gasteiger partial charge in [-0.25, -0.2) is 0 Å². The Kier molecular flexibility index (Phi) is 4.75. The summed E-state index contributed by atoms with van der Waals surface area (Å²) < 4.78 is 0. The molecule has 72 valence electrons. The number of amides is 1. The van der Waals surface area contributed by atoms with Crippen LogP contribution in [0.15, 0.2) is 0 Å². The maximum atomic E-state index is 10.7. The van der Waals surface area contributed by atoms with Crippen LogP contribution in [0.25, 0.3) is 0 Å². The van der Waals surface area contributed by atoms with Gasteiger partial charge in [0.25, 0.3) is 5.91 Å². The number of hydrogen-bond acceptors (Lipinski definition) is 5. The lowest BCUT2D eigenvalue weighted by molar-refractivity contribution is -0.141. The first-order valence-corrected chi connectivity index (χ1v) is 3.41. The second-order valence-corrected chi connectivity index (χ2v) is 2.30. The Balaban J connectivity index is 4.08. The van der Waals surface area contributed by atoms with Crippen molar-refractivity contribution in [2.24, 2.45) is 0 Å². The summed E-state index contributed by atoms with van der Waals surface area (Å²) in [4.78, 5) is 10.7. The topological polar surface area (TPSA) is 110 Å².